The number of benzene rings is 1. The molecular formula is C19H29N5. The minimum absolute atomic E-state index is 0.840. The summed E-state index contributed by atoms with van der Waals surface area (Å²) in [7, 11) is 8.10. The Morgan fingerprint density at radius 3 is 2.50 bits per heavy atom. The number of aliphatic imine (C=N–C) groups is 1. The van der Waals surface area contributed by atoms with Crippen LogP contribution >= 0.6 is 0 Å². The molecule has 0 aliphatic rings. The fourth-order valence-electron chi connectivity index (χ4n) is 2.69. The molecule has 5 heteroatoms. The summed E-state index contributed by atoms with van der Waals surface area (Å²) in [5.41, 5.74) is 2.52. The third-order valence-electron chi connectivity index (χ3n) is 4.17. The van der Waals surface area contributed by atoms with Gasteiger partial charge in [-0.1, -0.05) is 18.2 Å². The van der Waals surface area contributed by atoms with Crippen molar-refractivity contribution in [2.45, 2.75) is 13.0 Å². The van der Waals surface area contributed by atoms with Gasteiger partial charge in [0.1, 0.15) is 0 Å². The Hall–Kier alpha value is -2.43. The molecule has 1 aromatic carbocycles. The topological polar surface area (TPSA) is 35.8 Å². The molecule has 1 N–H and O–H groups in total. The first-order valence-electron chi connectivity index (χ1n) is 8.40. The lowest BCUT2D eigenvalue weighted by molar-refractivity contribution is 0.461. The molecule has 5 nitrogen and oxygen atoms in total. The first kappa shape index (κ1) is 17.9. The molecule has 2 rings (SSSR count). The highest BCUT2D eigenvalue weighted by atomic mass is 15.3. The van der Waals surface area contributed by atoms with Gasteiger partial charge in [0.15, 0.2) is 5.96 Å². The highest BCUT2D eigenvalue weighted by Crippen LogP contribution is 2.10. The SMILES string of the molecule is CN=C(NCCCN(C)c1ccccc1)N(C)Cc1cccn1C. The van der Waals surface area contributed by atoms with Crippen molar-refractivity contribution >= 4 is 11.6 Å². The quantitative estimate of drug-likeness (QED) is 0.482. The molecule has 0 spiro atoms. The van der Waals surface area contributed by atoms with Crippen LogP contribution in [0.25, 0.3) is 0 Å². The van der Waals surface area contributed by atoms with E-state index in [1.165, 1.54) is 11.4 Å². The number of anilines is 1. The van der Waals surface area contributed by atoms with Crippen molar-refractivity contribution in [3.05, 3.63) is 54.4 Å². The van der Waals surface area contributed by atoms with Gasteiger partial charge in [0.25, 0.3) is 0 Å². The molecule has 0 aliphatic heterocycles. The molecule has 1 aromatic heterocycles. The van der Waals surface area contributed by atoms with Crippen molar-refractivity contribution in [2.24, 2.45) is 12.0 Å². The van der Waals surface area contributed by atoms with Crippen molar-refractivity contribution < 1.29 is 0 Å². The minimum Gasteiger partial charge on any atom is -0.375 e. The molecule has 2 aromatic rings. The molecular weight excluding hydrogens is 298 g/mol. The van der Waals surface area contributed by atoms with E-state index in [1.807, 2.05) is 13.1 Å². The van der Waals surface area contributed by atoms with Gasteiger partial charge in [-0.25, -0.2) is 0 Å². The van der Waals surface area contributed by atoms with Crippen LogP contribution in [0.5, 0.6) is 0 Å². The second-order valence-electron chi connectivity index (χ2n) is 6.05. The van der Waals surface area contributed by atoms with Gasteiger partial charge in [-0.3, -0.25) is 4.99 Å². The summed E-state index contributed by atoms with van der Waals surface area (Å²) in [6.45, 7) is 2.75. The van der Waals surface area contributed by atoms with E-state index >= 15 is 0 Å². The number of guanidine groups is 1. The Bertz CT molecular complexity index is 632. The average molecular weight is 327 g/mol. The fraction of sp³-hybridized carbons (Fsp3) is 0.421. The Balaban J connectivity index is 1.74. The van der Waals surface area contributed by atoms with Crippen LogP contribution in [0.1, 0.15) is 12.1 Å². The Morgan fingerprint density at radius 2 is 1.88 bits per heavy atom. The van der Waals surface area contributed by atoms with Crippen molar-refractivity contribution in [1.29, 1.82) is 0 Å². The van der Waals surface area contributed by atoms with E-state index in [1.54, 1.807) is 0 Å². The van der Waals surface area contributed by atoms with E-state index in [-0.39, 0.29) is 0 Å². The summed E-state index contributed by atoms with van der Waals surface area (Å²) in [6.07, 6.45) is 3.13. The third kappa shape index (κ3) is 5.05. The molecule has 0 saturated carbocycles. The van der Waals surface area contributed by atoms with Crippen LogP contribution in [0.3, 0.4) is 0 Å². The van der Waals surface area contributed by atoms with Crippen LogP contribution in [0.15, 0.2) is 53.7 Å². The number of para-hydroxylation sites is 1. The molecule has 1 heterocycles. The summed E-state index contributed by atoms with van der Waals surface area (Å²) >= 11 is 0. The maximum Gasteiger partial charge on any atom is 0.193 e. The third-order valence-corrected chi connectivity index (χ3v) is 4.17. The number of rotatable bonds is 7. The molecule has 24 heavy (non-hydrogen) atoms. The van der Waals surface area contributed by atoms with Gasteiger partial charge in [0, 0.05) is 58.9 Å². The first-order valence-corrected chi connectivity index (χ1v) is 8.40. The lowest BCUT2D eigenvalue weighted by Gasteiger charge is -2.23. The van der Waals surface area contributed by atoms with E-state index in [0.29, 0.717) is 0 Å². The Labute approximate surface area is 145 Å². The normalized spacial score (nSPS) is 11.4. The van der Waals surface area contributed by atoms with E-state index in [2.05, 4.69) is 88.4 Å². The predicted molar refractivity (Wildman–Crippen MR) is 103 cm³/mol. The number of hydrogen-bond acceptors (Lipinski definition) is 2. The maximum atomic E-state index is 4.38. The second kappa shape index (κ2) is 9.01. The minimum atomic E-state index is 0.840. The standard InChI is InChI=1S/C19H29N5/c1-20-19(24(4)16-18-12-8-14-23(18)3)21-13-9-15-22(2)17-10-6-5-7-11-17/h5-8,10-12,14H,9,13,15-16H2,1-4H3,(H,20,21). The lowest BCUT2D eigenvalue weighted by atomic mass is 10.3. The summed E-state index contributed by atoms with van der Waals surface area (Å²) < 4.78 is 2.14. The first-order chi connectivity index (χ1) is 11.6. The summed E-state index contributed by atoms with van der Waals surface area (Å²) in [6, 6.07) is 14.7. The second-order valence-corrected chi connectivity index (χ2v) is 6.05. The van der Waals surface area contributed by atoms with Gasteiger partial charge in [-0.2, -0.15) is 0 Å². The molecule has 130 valence electrons. The van der Waals surface area contributed by atoms with Crippen LogP contribution in [0.4, 0.5) is 5.69 Å². The van der Waals surface area contributed by atoms with Crippen molar-refractivity contribution in [2.75, 3.05) is 39.1 Å². The van der Waals surface area contributed by atoms with Gasteiger partial charge < -0.3 is 19.7 Å². The van der Waals surface area contributed by atoms with E-state index < -0.39 is 0 Å². The number of aryl methyl sites for hydroxylation is 1. The zero-order valence-corrected chi connectivity index (χ0v) is 15.2. The predicted octanol–water partition coefficient (Wildman–Crippen LogP) is 2.56. The van der Waals surface area contributed by atoms with Gasteiger partial charge in [0.05, 0.1) is 6.54 Å². The monoisotopic (exact) mass is 327 g/mol. The van der Waals surface area contributed by atoms with Gasteiger partial charge in [-0.15, -0.1) is 0 Å². The fourth-order valence-corrected chi connectivity index (χ4v) is 2.69. The molecule has 0 aliphatic carbocycles. The summed E-state index contributed by atoms with van der Waals surface area (Å²) in [4.78, 5) is 8.81. The lowest BCUT2D eigenvalue weighted by Crippen LogP contribution is -2.39. The van der Waals surface area contributed by atoms with Crippen LogP contribution in [-0.4, -0.2) is 49.7 Å². The van der Waals surface area contributed by atoms with E-state index in [4.69, 9.17) is 0 Å². The molecule has 0 fully saturated rings. The summed E-state index contributed by atoms with van der Waals surface area (Å²) in [5.74, 6) is 0.929. The average Bonchev–Trinajstić information content (AvgIpc) is 3.00. The molecule has 0 amide bonds. The van der Waals surface area contributed by atoms with Crippen LogP contribution in [0, 0.1) is 0 Å². The number of nitrogens with one attached hydrogen (secondary N) is 1. The maximum absolute atomic E-state index is 4.38. The van der Waals surface area contributed by atoms with Crippen LogP contribution in [-0.2, 0) is 13.6 Å². The number of aromatic nitrogens is 1. The number of nitrogens with zero attached hydrogens (tertiary/aromatic N) is 4. The molecule has 0 atom stereocenters. The Morgan fingerprint density at radius 1 is 1.12 bits per heavy atom. The summed E-state index contributed by atoms with van der Waals surface area (Å²) in [5, 5.41) is 3.45. The molecule has 0 unspecified atom stereocenters. The zero-order chi connectivity index (χ0) is 17.4. The van der Waals surface area contributed by atoms with Crippen LogP contribution in [0.2, 0.25) is 0 Å². The largest absolute Gasteiger partial charge is 0.375 e. The Kier molecular flexibility index (Phi) is 6.73. The van der Waals surface area contributed by atoms with Crippen molar-refractivity contribution in [3.8, 4) is 0 Å². The zero-order valence-electron chi connectivity index (χ0n) is 15.2. The van der Waals surface area contributed by atoms with Crippen molar-refractivity contribution in [3.63, 3.8) is 0 Å². The van der Waals surface area contributed by atoms with Crippen LogP contribution < -0.4 is 10.2 Å². The van der Waals surface area contributed by atoms with Crippen molar-refractivity contribution in [1.82, 2.24) is 14.8 Å². The van der Waals surface area contributed by atoms with Gasteiger partial charge in [0.2, 0.25) is 0 Å². The highest BCUT2D eigenvalue weighted by Gasteiger charge is 2.08. The smallest absolute Gasteiger partial charge is 0.193 e. The molecule has 0 saturated heterocycles. The highest BCUT2D eigenvalue weighted by molar-refractivity contribution is 5.79. The number of hydrogen-bond donors (Lipinski definition) is 1. The van der Waals surface area contributed by atoms with Gasteiger partial charge >= 0.3 is 0 Å². The molecule has 0 bridgehead atoms. The van der Waals surface area contributed by atoms with Gasteiger partial charge in [-0.05, 0) is 30.7 Å². The van der Waals surface area contributed by atoms with E-state index in [0.717, 1.165) is 32.0 Å². The van der Waals surface area contributed by atoms with E-state index in [9.17, 15) is 0 Å². The molecule has 0 radical (unpaired) electrons.